The summed E-state index contributed by atoms with van der Waals surface area (Å²) in [6.45, 7) is 14.0. The van der Waals surface area contributed by atoms with Gasteiger partial charge in [0.05, 0.1) is 11.7 Å². The van der Waals surface area contributed by atoms with Crippen LogP contribution >= 0.6 is 0 Å². The fourth-order valence-corrected chi connectivity index (χ4v) is 2.47. The van der Waals surface area contributed by atoms with E-state index in [1.165, 1.54) is 6.42 Å². The number of carbonyl (C=O) groups excluding carboxylic acids is 1. The van der Waals surface area contributed by atoms with E-state index in [0.29, 0.717) is 17.8 Å². The normalized spacial score (nSPS) is 11.4. The highest BCUT2D eigenvalue weighted by molar-refractivity contribution is 5.89. The molecular formula is C26H43N3O2. The summed E-state index contributed by atoms with van der Waals surface area (Å²) >= 11 is 0. The minimum Gasteiger partial charge on any atom is -0.506 e. The average Bonchev–Trinajstić information content (AvgIpc) is 2.73. The second kappa shape index (κ2) is 16.2. The number of phenolic OH excluding ortho intramolecular Hbond substituents is 1. The second-order valence-electron chi connectivity index (χ2n) is 7.73. The molecule has 0 amide bonds. The van der Waals surface area contributed by atoms with E-state index in [-0.39, 0.29) is 25.0 Å². The molecule has 0 bridgehead atoms. The van der Waals surface area contributed by atoms with Gasteiger partial charge in [-0.1, -0.05) is 86.6 Å². The molecule has 0 saturated heterocycles. The lowest BCUT2D eigenvalue weighted by Gasteiger charge is -2.24. The maximum atomic E-state index is 12.5. The summed E-state index contributed by atoms with van der Waals surface area (Å²) < 4.78 is 0. The molecule has 0 saturated carbocycles. The highest BCUT2D eigenvalue weighted by Crippen LogP contribution is 2.30. The molecule has 1 unspecified atom stereocenters. The molecule has 2 aromatic carbocycles. The Bertz CT molecular complexity index is 766. The molecule has 2 rings (SSSR count). The fourth-order valence-electron chi connectivity index (χ4n) is 2.47. The van der Waals surface area contributed by atoms with Crippen LogP contribution in [0.3, 0.4) is 0 Å². The van der Waals surface area contributed by atoms with Crippen molar-refractivity contribution in [3.63, 3.8) is 0 Å². The molecule has 0 aromatic heterocycles. The molecular weight excluding hydrogens is 386 g/mol. The predicted octanol–water partition coefficient (Wildman–Crippen LogP) is 7.63. The molecule has 174 valence electrons. The number of carbonyl (C=O) groups is 1. The van der Waals surface area contributed by atoms with Crippen molar-refractivity contribution in [3.8, 4) is 5.75 Å². The highest BCUT2D eigenvalue weighted by atomic mass is 16.3. The minimum absolute atomic E-state index is 0. The molecule has 5 heteroatoms. The van der Waals surface area contributed by atoms with Crippen LogP contribution in [0.2, 0.25) is 0 Å². The van der Waals surface area contributed by atoms with Gasteiger partial charge in [0.15, 0.2) is 5.78 Å². The van der Waals surface area contributed by atoms with Gasteiger partial charge in [0.2, 0.25) is 0 Å². The van der Waals surface area contributed by atoms with Crippen molar-refractivity contribution < 1.29 is 9.90 Å². The SMILES string of the molecule is C.CC.CCC.CNC(Cc1ccc(O)c(N=Nc2ccccc2)c1)C(=O)C(C)(C)C. The number of azo groups is 1. The Balaban J connectivity index is 0. The smallest absolute Gasteiger partial charge is 0.155 e. The maximum absolute atomic E-state index is 12.5. The lowest BCUT2D eigenvalue weighted by atomic mass is 9.84. The van der Waals surface area contributed by atoms with Gasteiger partial charge in [-0.3, -0.25) is 4.79 Å². The van der Waals surface area contributed by atoms with Gasteiger partial charge >= 0.3 is 0 Å². The number of phenols is 1. The summed E-state index contributed by atoms with van der Waals surface area (Å²) in [5.74, 6) is 0.210. The molecule has 2 aromatic rings. The topological polar surface area (TPSA) is 74.0 Å². The Hall–Kier alpha value is -2.53. The van der Waals surface area contributed by atoms with E-state index in [1.807, 2.05) is 65.0 Å². The Morgan fingerprint density at radius 2 is 1.58 bits per heavy atom. The lowest BCUT2D eigenvalue weighted by Crippen LogP contribution is -2.42. The number of Topliss-reactive ketones (excluding diaryl/α,β-unsaturated/α-hetero) is 1. The molecule has 0 aliphatic rings. The van der Waals surface area contributed by atoms with Gasteiger partial charge in [0.25, 0.3) is 0 Å². The minimum atomic E-state index is -0.416. The van der Waals surface area contributed by atoms with Crippen molar-refractivity contribution >= 4 is 17.2 Å². The summed E-state index contributed by atoms with van der Waals surface area (Å²) in [5, 5.41) is 21.4. The zero-order valence-electron chi connectivity index (χ0n) is 19.9. The molecule has 0 aliphatic heterocycles. The number of rotatable bonds is 6. The molecule has 0 fully saturated rings. The summed E-state index contributed by atoms with van der Waals surface area (Å²) in [7, 11) is 1.78. The van der Waals surface area contributed by atoms with Crippen LogP contribution in [-0.2, 0) is 11.2 Å². The lowest BCUT2D eigenvalue weighted by molar-refractivity contribution is -0.128. The van der Waals surface area contributed by atoms with E-state index in [9.17, 15) is 9.90 Å². The largest absolute Gasteiger partial charge is 0.506 e. The van der Waals surface area contributed by atoms with Crippen LogP contribution in [0.15, 0.2) is 58.8 Å². The number of likely N-dealkylation sites (N-methyl/N-ethyl adjacent to an activating group) is 1. The summed E-state index contributed by atoms with van der Waals surface area (Å²) in [4.78, 5) is 12.5. The number of benzene rings is 2. The fraction of sp³-hybridized carbons (Fsp3) is 0.500. The first-order valence-corrected chi connectivity index (χ1v) is 10.7. The third-order valence-electron chi connectivity index (χ3n) is 3.91. The standard InChI is InChI=1S/C20H25N3O2.C3H8.C2H6.CH4/c1-20(2,3)19(25)17(21-4)13-14-10-11-18(24)16(12-14)23-22-15-8-6-5-7-9-15;1-3-2;1-2;/h5-12,17,21,24H,13H2,1-4H3;3H2,1-2H3;1-2H3;1H4. The van der Waals surface area contributed by atoms with Crippen molar-refractivity contribution in [2.24, 2.45) is 15.6 Å². The van der Waals surface area contributed by atoms with Gasteiger partial charge in [-0.25, -0.2) is 0 Å². The van der Waals surface area contributed by atoms with E-state index >= 15 is 0 Å². The third kappa shape index (κ3) is 11.4. The predicted molar refractivity (Wildman–Crippen MR) is 134 cm³/mol. The number of nitrogens with one attached hydrogen (secondary N) is 1. The zero-order chi connectivity index (χ0) is 23.2. The first kappa shape index (κ1) is 30.7. The Morgan fingerprint density at radius 3 is 2.06 bits per heavy atom. The van der Waals surface area contributed by atoms with Crippen molar-refractivity contribution in [2.45, 2.75) is 74.8 Å². The number of ketones is 1. The summed E-state index contributed by atoms with van der Waals surface area (Å²) in [6.07, 6.45) is 1.78. The van der Waals surface area contributed by atoms with E-state index in [2.05, 4.69) is 29.4 Å². The Labute approximate surface area is 190 Å². The van der Waals surface area contributed by atoms with Gasteiger partial charge in [-0.05, 0) is 43.3 Å². The van der Waals surface area contributed by atoms with Gasteiger partial charge in [-0.15, -0.1) is 5.11 Å². The summed E-state index contributed by atoms with van der Waals surface area (Å²) in [5.41, 5.74) is 1.60. The number of aromatic hydroxyl groups is 1. The van der Waals surface area contributed by atoms with E-state index in [1.54, 1.807) is 25.2 Å². The first-order valence-electron chi connectivity index (χ1n) is 10.7. The van der Waals surface area contributed by atoms with Crippen molar-refractivity contribution in [1.82, 2.24) is 5.32 Å². The quantitative estimate of drug-likeness (QED) is 0.463. The third-order valence-corrected chi connectivity index (χ3v) is 3.91. The molecule has 0 aliphatic carbocycles. The van der Waals surface area contributed by atoms with Crippen LogP contribution < -0.4 is 5.32 Å². The number of nitrogens with zero attached hydrogens (tertiary/aromatic N) is 2. The van der Waals surface area contributed by atoms with Gasteiger partial charge < -0.3 is 10.4 Å². The van der Waals surface area contributed by atoms with Crippen molar-refractivity contribution in [1.29, 1.82) is 0 Å². The molecule has 0 radical (unpaired) electrons. The van der Waals surface area contributed by atoms with E-state index in [4.69, 9.17) is 0 Å². The van der Waals surface area contributed by atoms with Gasteiger partial charge in [0.1, 0.15) is 11.4 Å². The van der Waals surface area contributed by atoms with Crippen LogP contribution in [0.4, 0.5) is 11.4 Å². The number of hydrogen-bond acceptors (Lipinski definition) is 5. The molecule has 1 atom stereocenters. The maximum Gasteiger partial charge on any atom is 0.155 e. The van der Waals surface area contributed by atoms with Crippen LogP contribution in [0.1, 0.15) is 67.9 Å². The van der Waals surface area contributed by atoms with Crippen LogP contribution in [0, 0.1) is 5.41 Å². The monoisotopic (exact) mass is 429 g/mol. The van der Waals surface area contributed by atoms with Crippen LogP contribution in [0.25, 0.3) is 0 Å². The Morgan fingerprint density at radius 1 is 1.03 bits per heavy atom. The van der Waals surface area contributed by atoms with Crippen molar-refractivity contribution in [2.75, 3.05) is 7.05 Å². The number of hydrogen-bond donors (Lipinski definition) is 2. The van der Waals surface area contributed by atoms with Gasteiger partial charge in [-0.2, -0.15) is 5.11 Å². The van der Waals surface area contributed by atoms with Crippen LogP contribution in [-0.4, -0.2) is 24.0 Å². The molecule has 5 nitrogen and oxygen atoms in total. The van der Waals surface area contributed by atoms with Crippen molar-refractivity contribution in [3.05, 3.63) is 54.1 Å². The van der Waals surface area contributed by atoms with Gasteiger partial charge in [0, 0.05) is 5.41 Å². The van der Waals surface area contributed by atoms with E-state index < -0.39 is 5.41 Å². The van der Waals surface area contributed by atoms with Crippen LogP contribution in [0.5, 0.6) is 5.75 Å². The molecule has 0 spiro atoms. The first-order chi connectivity index (χ1) is 14.2. The average molecular weight is 430 g/mol. The Kier molecular flexibility index (Phi) is 16.0. The van der Waals surface area contributed by atoms with E-state index in [0.717, 1.165) is 5.56 Å². The molecule has 31 heavy (non-hydrogen) atoms. The zero-order valence-corrected chi connectivity index (χ0v) is 19.9. The highest BCUT2D eigenvalue weighted by Gasteiger charge is 2.28. The molecule has 0 heterocycles. The second-order valence-corrected chi connectivity index (χ2v) is 7.73. The summed E-state index contributed by atoms with van der Waals surface area (Å²) in [6, 6.07) is 14.2. The molecule has 2 N–H and O–H groups in total.